The van der Waals surface area contributed by atoms with Crippen molar-refractivity contribution in [3.63, 3.8) is 0 Å². The first-order valence-corrected chi connectivity index (χ1v) is 12.9. The monoisotopic (exact) mass is 532 g/mol. The smallest absolute Gasteiger partial charge is 0.335 e. The van der Waals surface area contributed by atoms with Gasteiger partial charge in [-0.15, -0.1) is 0 Å². The highest BCUT2D eigenvalue weighted by atomic mass is 35.5. The number of imidazole rings is 1. The summed E-state index contributed by atoms with van der Waals surface area (Å²) in [6.45, 7) is 1.03. The molecule has 0 bridgehead atoms. The van der Waals surface area contributed by atoms with Crippen molar-refractivity contribution in [3.05, 3.63) is 65.2 Å². The van der Waals surface area contributed by atoms with E-state index < -0.39 is 12.1 Å². The van der Waals surface area contributed by atoms with Gasteiger partial charge in [0, 0.05) is 24.6 Å². The number of hydrogen-bond donors (Lipinski definition) is 3. The van der Waals surface area contributed by atoms with Crippen LogP contribution < -0.4 is 4.74 Å². The summed E-state index contributed by atoms with van der Waals surface area (Å²) in [5.74, 6) is -0.944. The van der Waals surface area contributed by atoms with E-state index in [0.29, 0.717) is 60.2 Å². The Morgan fingerprint density at radius 1 is 1.00 bits per heavy atom. The fourth-order valence-electron chi connectivity index (χ4n) is 5.00. The highest BCUT2D eigenvalue weighted by Crippen LogP contribution is 2.35. The molecule has 0 radical (unpaired) electrons. The van der Waals surface area contributed by atoms with Crippen LogP contribution in [0.4, 0.5) is 0 Å². The van der Waals surface area contributed by atoms with Crippen LogP contribution in [0.1, 0.15) is 29.6 Å². The van der Waals surface area contributed by atoms with Crippen molar-refractivity contribution in [1.29, 1.82) is 0 Å². The largest absolute Gasteiger partial charge is 0.478 e. The average Bonchev–Trinajstić information content (AvgIpc) is 3.50. The zero-order valence-electron chi connectivity index (χ0n) is 20.3. The molecule has 1 saturated carbocycles. The molecule has 6 rings (SSSR count). The number of aromatic carboxylic acids is 1. The summed E-state index contributed by atoms with van der Waals surface area (Å²) < 4.78 is 5.97. The number of rotatable bonds is 6. The number of nitrogens with one attached hydrogen (secondary N) is 1. The van der Waals surface area contributed by atoms with Gasteiger partial charge in [-0.05, 0) is 48.6 Å². The Bertz CT molecular complexity index is 1510. The second-order valence-corrected chi connectivity index (χ2v) is 10.2. The highest BCUT2D eigenvalue weighted by Gasteiger charge is 2.40. The number of aromatic amines is 1. The molecule has 2 aromatic carbocycles. The lowest BCUT2D eigenvalue weighted by Gasteiger charge is -2.35. The minimum atomic E-state index is -0.957. The summed E-state index contributed by atoms with van der Waals surface area (Å²) in [5, 5.41) is 19.2. The number of halogens is 1. The Kier molecular flexibility index (Phi) is 6.25. The summed E-state index contributed by atoms with van der Waals surface area (Å²) in [4.78, 5) is 37.6. The van der Waals surface area contributed by atoms with E-state index in [1.807, 2.05) is 24.3 Å². The average molecular weight is 533 g/mol. The number of carboxylic acid groups (broad SMARTS) is 1. The SMILES string of the molecule is O=C(O)c1ccc(-c2ccc(-c3nc4nc(OC5CC(C(=O)N6CC[C@@H](O)C6)C5)[nH]c4cc3Cl)cc2)cc1. The van der Waals surface area contributed by atoms with E-state index in [4.69, 9.17) is 21.4 Å². The lowest BCUT2D eigenvalue weighted by atomic mass is 9.81. The van der Waals surface area contributed by atoms with Crippen LogP contribution in [0.3, 0.4) is 0 Å². The lowest BCUT2D eigenvalue weighted by Crippen LogP contribution is -2.45. The van der Waals surface area contributed by atoms with Gasteiger partial charge in [-0.25, -0.2) is 9.78 Å². The molecule has 4 aromatic rings. The number of carbonyl (C=O) groups excluding carboxylic acids is 1. The molecule has 1 aliphatic carbocycles. The number of β-amino-alcohol motifs (C(OH)–C–C–N with tert-alkyl or cyclic N) is 1. The minimum absolute atomic E-state index is 0.0769. The van der Waals surface area contributed by atoms with Crippen LogP contribution >= 0.6 is 11.6 Å². The van der Waals surface area contributed by atoms with Crippen molar-refractivity contribution in [2.45, 2.75) is 31.5 Å². The highest BCUT2D eigenvalue weighted by molar-refractivity contribution is 6.33. The summed E-state index contributed by atoms with van der Waals surface area (Å²) in [6, 6.07) is 16.5. The predicted octanol–water partition coefficient (Wildman–Crippen LogP) is 4.39. The van der Waals surface area contributed by atoms with Crippen LogP contribution in [0.25, 0.3) is 33.5 Å². The second kappa shape index (κ2) is 9.74. The molecule has 0 spiro atoms. The molecule has 1 saturated heterocycles. The molecular formula is C28H25ClN4O5. The summed E-state index contributed by atoms with van der Waals surface area (Å²) in [6.07, 6.45) is 1.35. The second-order valence-electron chi connectivity index (χ2n) is 9.83. The maximum absolute atomic E-state index is 12.6. The van der Waals surface area contributed by atoms with Gasteiger partial charge in [0.2, 0.25) is 5.91 Å². The molecule has 0 unspecified atom stereocenters. The van der Waals surface area contributed by atoms with Gasteiger partial charge in [-0.2, -0.15) is 4.98 Å². The number of aromatic nitrogens is 3. The topological polar surface area (TPSA) is 129 Å². The molecule has 2 aromatic heterocycles. The minimum Gasteiger partial charge on any atom is -0.478 e. The Balaban J connectivity index is 1.13. The number of ether oxygens (including phenoxy) is 1. The molecule has 2 fully saturated rings. The molecule has 38 heavy (non-hydrogen) atoms. The Morgan fingerprint density at radius 3 is 2.29 bits per heavy atom. The summed E-state index contributed by atoms with van der Waals surface area (Å²) in [5.41, 5.74) is 4.63. The molecule has 2 aliphatic rings. The normalized spacial score (nSPS) is 20.9. The maximum atomic E-state index is 12.6. The number of carbonyl (C=O) groups is 2. The molecule has 194 valence electrons. The van der Waals surface area contributed by atoms with Crippen LogP contribution in [0.15, 0.2) is 54.6 Å². The van der Waals surface area contributed by atoms with Gasteiger partial charge in [-0.1, -0.05) is 48.0 Å². The predicted molar refractivity (Wildman–Crippen MR) is 141 cm³/mol. The number of fused-ring (bicyclic) bond motifs is 1. The van der Waals surface area contributed by atoms with Crippen LogP contribution in [0, 0.1) is 5.92 Å². The number of pyridine rings is 1. The van der Waals surface area contributed by atoms with Crippen molar-refractivity contribution >= 4 is 34.6 Å². The number of hydrogen-bond acceptors (Lipinski definition) is 6. The number of nitrogens with zero attached hydrogens (tertiary/aromatic N) is 3. The summed E-state index contributed by atoms with van der Waals surface area (Å²) >= 11 is 6.55. The molecule has 1 atom stereocenters. The number of carboxylic acids is 1. The molecule has 3 N–H and O–H groups in total. The van der Waals surface area contributed by atoms with Crippen LogP contribution in [0.2, 0.25) is 5.02 Å². The van der Waals surface area contributed by atoms with Crippen molar-refractivity contribution < 1.29 is 24.5 Å². The zero-order valence-corrected chi connectivity index (χ0v) is 21.1. The van der Waals surface area contributed by atoms with E-state index in [2.05, 4.69) is 15.0 Å². The lowest BCUT2D eigenvalue weighted by molar-refractivity contribution is -0.140. The molecule has 1 aliphatic heterocycles. The Hall–Kier alpha value is -3.95. The number of amides is 1. The van der Waals surface area contributed by atoms with Crippen molar-refractivity contribution in [2.75, 3.05) is 13.1 Å². The van der Waals surface area contributed by atoms with Crippen LogP contribution in [-0.2, 0) is 4.79 Å². The quantitative estimate of drug-likeness (QED) is 0.336. The van der Waals surface area contributed by atoms with Crippen LogP contribution in [-0.4, -0.2) is 67.2 Å². The summed E-state index contributed by atoms with van der Waals surface area (Å²) in [7, 11) is 0. The van der Waals surface area contributed by atoms with E-state index in [9.17, 15) is 14.7 Å². The number of aliphatic hydroxyl groups excluding tert-OH is 1. The van der Waals surface area contributed by atoms with Crippen molar-refractivity contribution in [2.24, 2.45) is 5.92 Å². The van der Waals surface area contributed by atoms with Gasteiger partial charge in [0.1, 0.15) is 6.10 Å². The molecule has 10 heteroatoms. The number of H-pyrrole nitrogens is 1. The third kappa shape index (κ3) is 4.70. The van der Waals surface area contributed by atoms with E-state index in [1.54, 1.807) is 35.2 Å². The van der Waals surface area contributed by atoms with Crippen LogP contribution in [0.5, 0.6) is 6.01 Å². The molecule has 9 nitrogen and oxygen atoms in total. The van der Waals surface area contributed by atoms with Crippen molar-refractivity contribution in [3.8, 4) is 28.4 Å². The molecule has 1 amide bonds. The first kappa shape index (κ1) is 24.4. The van der Waals surface area contributed by atoms with Gasteiger partial charge in [0.15, 0.2) is 5.65 Å². The zero-order chi connectivity index (χ0) is 26.4. The van der Waals surface area contributed by atoms with E-state index >= 15 is 0 Å². The molecular weight excluding hydrogens is 508 g/mol. The van der Waals surface area contributed by atoms with Gasteiger partial charge >= 0.3 is 5.97 Å². The number of aliphatic hydroxyl groups is 1. The van der Waals surface area contributed by atoms with E-state index in [0.717, 1.165) is 16.7 Å². The third-order valence-corrected chi connectivity index (χ3v) is 7.51. The van der Waals surface area contributed by atoms with E-state index in [1.165, 1.54) is 0 Å². The Morgan fingerprint density at radius 2 is 1.66 bits per heavy atom. The Labute approximate surface area is 223 Å². The number of likely N-dealkylation sites (tertiary alicyclic amines) is 1. The fourth-order valence-corrected chi connectivity index (χ4v) is 5.26. The maximum Gasteiger partial charge on any atom is 0.335 e. The van der Waals surface area contributed by atoms with Gasteiger partial charge in [0.05, 0.1) is 27.9 Å². The third-order valence-electron chi connectivity index (χ3n) is 7.23. The van der Waals surface area contributed by atoms with Gasteiger partial charge in [-0.3, -0.25) is 4.79 Å². The van der Waals surface area contributed by atoms with Crippen molar-refractivity contribution in [1.82, 2.24) is 19.9 Å². The first-order chi connectivity index (χ1) is 18.3. The standard InChI is InChI=1S/C28H25ClN4O5/c29-22-13-23-25(32-28(30-23)38-21-11-19(12-21)26(35)33-10-9-20(34)14-33)31-24(22)17-5-1-15(2-6-17)16-3-7-18(8-4-16)27(36)37/h1-8,13,19-21,34H,9-12,14H2,(H,36,37)(H,30,31,32)/t19?,20-,21?/m1/s1. The van der Waals surface area contributed by atoms with Gasteiger partial charge in [0.25, 0.3) is 6.01 Å². The van der Waals surface area contributed by atoms with E-state index in [-0.39, 0.29) is 23.5 Å². The van der Waals surface area contributed by atoms with Gasteiger partial charge < -0.3 is 24.8 Å². The molecule has 3 heterocycles. The first-order valence-electron chi connectivity index (χ1n) is 12.5. The fraction of sp³-hybridized carbons (Fsp3) is 0.286. The number of benzene rings is 2.